The highest BCUT2D eigenvalue weighted by Gasteiger charge is 2.78. The van der Waals surface area contributed by atoms with Crippen LogP contribution in [0.15, 0.2) is 102 Å². The first-order chi connectivity index (χ1) is 32.1. The van der Waals surface area contributed by atoms with Crippen molar-refractivity contribution in [3.8, 4) is 0 Å². The Labute approximate surface area is 391 Å². The molecular formula is C50H56N2O16. The highest BCUT2D eigenvalue weighted by molar-refractivity contribution is 5.96. The number of nitrogens with one attached hydrogen (secondary N) is 1. The Morgan fingerprint density at radius 2 is 1.46 bits per heavy atom. The lowest BCUT2D eigenvalue weighted by Crippen LogP contribution is -2.82. The van der Waals surface area contributed by atoms with E-state index in [4.69, 9.17) is 29.4 Å². The average Bonchev–Trinajstić information content (AvgIpc) is 3.31. The second-order valence-electron chi connectivity index (χ2n) is 18.7. The first kappa shape index (κ1) is 49.6. The van der Waals surface area contributed by atoms with Crippen LogP contribution in [0.5, 0.6) is 0 Å². The largest absolute Gasteiger partial charge is 0.481 e. The smallest absolute Gasteiger partial charge is 0.338 e. The van der Waals surface area contributed by atoms with Gasteiger partial charge in [0.2, 0.25) is 0 Å². The molecule has 18 nitrogen and oxygen atoms in total. The Morgan fingerprint density at radius 3 is 2.01 bits per heavy atom. The molecule has 0 spiro atoms. The maximum absolute atomic E-state index is 15.6. The minimum atomic E-state index is -2.49. The third-order valence-electron chi connectivity index (χ3n) is 14.4. The molecule has 18 heteroatoms. The van der Waals surface area contributed by atoms with E-state index >= 15 is 4.79 Å². The van der Waals surface area contributed by atoms with Crippen molar-refractivity contribution in [2.45, 2.75) is 120 Å². The second-order valence-corrected chi connectivity index (χ2v) is 18.7. The zero-order valence-electron chi connectivity index (χ0n) is 38.2. The summed E-state index contributed by atoms with van der Waals surface area (Å²) in [4.78, 5) is 96.1. The molecule has 68 heavy (non-hydrogen) atoms. The van der Waals surface area contributed by atoms with Crippen molar-refractivity contribution in [3.63, 3.8) is 0 Å². The van der Waals surface area contributed by atoms with Crippen LogP contribution in [0.2, 0.25) is 0 Å². The molecule has 2 bridgehead atoms. The van der Waals surface area contributed by atoms with Gasteiger partial charge < -0.3 is 55.2 Å². The van der Waals surface area contributed by atoms with Crippen molar-refractivity contribution in [3.05, 3.63) is 119 Å². The van der Waals surface area contributed by atoms with Gasteiger partial charge in [0.25, 0.3) is 5.91 Å². The van der Waals surface area contributed by atoms with E-state index in [1.807, 2.05) is 0 Å². The maximum atomic E-state index is 15.6. The summed E-state index contributed by atoms with van der Waals surface area (Å²) >= 11 is 0. The van der Waals surface area contributed by atoms with E-state index < -0.39 is 138 Å². The van der Waals surface area contributed by atoms with Gasteiger partial charge >= 0.3 is 29.8 Å². The minimum absolute atomic E-state index is 0.00789. The number of aliphatic hydroxyl groups is 3. The Hall–Kier alpha value is -6.31. The molecule has 3 aromatic rings. The molecule has 0 aromatic heterocycles. The predicted molar refractivity (Wildman–Crippen MR) is 237 cm³/mol. The number of amides is 1. The van der Waals surface area contributed by atoms with Crippen molar-refractivity contribution < 1.29 is 77.7 Å². The maximum Gasteiger partial charge on any atom is 0.338 e. The molecule has 12 atom stereocenters. The summed E-state index contributed by atoms with van der Waals surface area (Å²) in [5, 5.41) is 50.1. The summed E-state index contributed by atoms with van der Waals surface area (Å²) in [5.74, 6) is -8.81. The van der Waals surface area contributed by atoms with Crippen molar-refractivity contribution in [1.29, 1.82) is 0 Å². The molecule has 2 saturated carbocycles. The first-order valence-electron chi connectivity index (χ1n) is 22.3. The van der Waals surface area contributed by atoms with Gasteiger partial charge in [-0.05, 0) is 61.2 Å². The number of carbonyl (C=O) groups is 7. The topological polar surface area (TPSA) is 285 Å². The molecule has 4 aliphatic rings. The highest BCUT2D eigenvalue weighted by Crippen LogP contribution is 2.64. The number of fused-ring (bicyclic) bond motifs is 5. The van der Waals surface area contributed by atoms with Crippen molar-refractivity contribution >= 4 is 41.5 Å². The third-order valence-corrected chi connectivity index (χ3v) is 14.4. The number of aliphatic carboxylic acids is 1. The first-order valence-corrected chi connectivity index (χ1v) is 22.3. The standard InChI is InChI=1S/C50H56N2O16/c1-26-32(65-46(62)39(57)37(28-15-9-6-10-16-28)52-43(59)29-17-11-7-12-18-29)24-50(63)42(67-44(60)30-19-13-8-14-20-30)40-48(5,41(58)38(56)36(26)47(50,3)4)33(66-45(61)31(51)21-22-35(54)55)23-34-49(40,25-64-34)68-27(2)53/h6-20,31-34,37-40,42,56-57,63H,21-25,51H2,1-5H3,(H,52,59)(H,54,55)/t31?,32-,33-,34+,37-,38+,39+,40?,42?,48+,49-,50+/m0/s1. The Balaban J connectivity index is 1.37. The second kappa shape index (κ2) is 19.0. The van der Waals surface area contributed by atoms with Crippen LogP contribution < -0.4 is 11.1 Å². The molecule has 0 radical (unpaired) electrons. The Bertz CT molecular complexity index is 2480. The van der Waals surface area contributed by atoms with E-state index in [0.29, 0.717) is 5.56 Å². The van der Waals surface area contributed by atoms with Crippen LogP contribution in [0.3, 0.4) is 0 Å². The number of Topliss-reactive ketones (excluding diaryl/α,β-unsaturated/α-hetero) is 1. The van der Waals surface area contributed by atoms with Gasteiger partial charge in [0.15, 0.2) is 17.5 Å². The lowest BCUT2D eigenvalue weighted by Gasteiger charge is -2.67. The number of aliphatic hydroxyl groups excluding tert-OH is 2. The summed E-state index contributed by atoms with van der Waals surface area (Å²) in [6, 6.07) is 21.1. The third kappa shape index (κ3) is 8.70. The fourth-order valence-corrected chi connectivity index (χ4v) is 10.7. The number of rotatable bonds is 14. The van der Waals surface area contributed by atoms with E-state index in [0.717, 1.165) is 6.92 Å². The van der Waals surface area contributed by atoms with Crippen LogP contribution >= 0.6 is 0 Å². The van der Waals surface area contributed by atoms with Gasteiger partial charge in [0.05, 0.1) is 29.5 Å². The molecule has 3 aromatic carbocycles. The fourth-order valence-electron chi connectivity index (χ4n) is 10.7. The number of benzene rings is 3. The van der Waals surface area contributed by atoms with Crippen LogP contribution in [0, 0.1) is 16.7 Å². The molecule has 1 aliphatic heterocycles. The van der Waals surface area contributed by atoms with E-state index in [1.54, 1.807) is 78.9 Å². The summed E-state index contributed by atoms with van der Waals surface area (Å²) in [7, 11) is 0. The Morgan fingerprint density at radius 1 is 0.868 bits per heavy atom. The molecule has 7 rings (SSSR count). The van der Waals surface area contributed by atoms with Crippen LogP contribution in [0.4, 0.5) is 0 Å². The number of ether oxygens (including phenoxy) is 5. The van der Waals surface area contributed by atoms with E-state index in [1.165, 1.54) is 39.8 Å². The molecule has 7 N–H and O–H groups in total. The molecule has 3 aliphatic carbocycles. The van der Waals surface area contributed by atoms with E-state index in [2.05, 4.69) is 5.32 Å². The van der Waals surface area contributed by atoms with Crippen LogP contribution in [-0.2, 0) is 47.7 Å². The number of carbonyl (C=O) groups excluding carboxylic acids is 6. The lowest BCUT2D eigenvalue weighted by atomic mass is 9.44. The van der Waals surface area contributed by atoms with Gasteiger partial charge in [0, 0.05) is 37.2 Å². The SMILES string of the molecule is CC(=O)O[C@@]12CO[C@@H]1C[C@H](OC(=O)C(N)CCC(=O)O)[C@@]1(C)C(=O)[C@H](O)C3=C(C)[C@@H](OC(=O)[C@H](O)[C@@H](NC(=O)c4ccccc4)c4ccccc4)C[C@@](O)(C(OC(=O)c4ccccc4)C12)C3(C)C. The van der Waals surface area contributed by atoms with Gasteiger partial charge in [0.1, 0.15) is 42.2 Å². The summed E-state index contributed by atoms with van der Waals surface area (Å²) in [5.41, 5.74) is -1.76. The van der Waals surface area contributed by atoms with Crippen molar-refractivity contribution in [2.75, 3.05) is 6.61 Å². The molecular weight excluding hydrogens is 885 g/mol. The van der Waals surface area contributed by atoms with E-state index in [9.17, 15) is 49.2 Å². The fraction of sp³-hybridized carbons (Fsp3) is 0.460. The molecule has 1 saturated heterocycles. The zero-order chi connectivity index (χ0) is 49.5. The summed E-state index contributed by atoms with van der Waals surface area (Å²) in [6.07, 6.45) is -12.3. The summed E-state index contributed by atoms with van der Waals surface area (Å²) in [6.45, 7) is 6.50. The van der Waals surface area contributed by atoms with Gasteiger partial charge in [-0.15, -0.1) is 0 Å². The number of ketones is 1. The van der Waals surface area contributed by atoms with Gasteiger partial charge in [-0.25, -0.2) is 9.59 Å². The zero-order valence-corrected chi connectivity index (χ0v) is 38.2. The molecule has 1 amide bonds. The van der Waals surface area contributed by atoms with Crippen molar-refractivity contribution in [2.24, 2.45) is 22.5 Å². The van der Waals surface area contributed by atoms with Crippen LogP contribution in [-0.4, -0.2) is 122 Å². The van der Waals surface area contributed by atoms with E-state index in [-0.39, 0.29) is 35.1 Å². The van der Waals surface area contributed by atoms with Gasteiger partial charge in [-0.3, -0.25) is 24.0 Å². The van der Waals surface area contributed by atoms with Gasteiger partial charge in [-0.1, -0.05) is 80.6 Å². The monoisotopic (exact) mass is 940 g/mol. The Kier molecular flexibility index (Phi) is 13.9. The molecule has 1 heterocycles. The number of nitrogens with two attached hydrogens (primary N) is 1. The minimum Gasteiger partial charge on any atom is -0.481 e. The molecule has 362 valence electrons. The van der Waals surface area contributed by atoms with Crippen LogP contribution in [0.25, 0.3) is 0 Å². The highest BCUT2D eigenvalue weighted by atomic mass is 16.6. The number of esters is 4. The molecule has 3 unspecified atom stereocenters. The number of carboxylic acids is 1. The summed E-state index contributed by atoms with van der Waals surface area (Å²) < 4.78 is 30.6. The van der Waals surface area contributed by atoms with Gasteiger partial charge in [-0.2, -0.15) is 0 Å². The number of carboxylic acid groups (broad SMARTS) is 1. The number of hydrogen-bond acceptors (Lipinski definition) is 16. The van der Waals surface area contributed by atoms with Crippen LogP contribution in [0.1, 0.15) is 92.6 Å². The quantitative estimate of drug-likeness (QED) is 0.0770. The molecule has 3 fully saturated rings. The average molecular weight is 941 g/mol. The normalized spacial score (nSPS) is 30.5. The number of hydrogen-bond donors (Lipinski definition) is 6. The van der Waals surface area contributed by atoms with Crippen molar-refractivity contribution in [1.82, 2.24) is 5.32 Å². The predicted octanol–water partition coefficient (Wildman–Crippen LogP) is 2.91. The lowest BCUT2D eigenvalue weighted by molar-refractivity contribution is -0.346.